The fourth-order valence-corrected chi connectivity index (χ4v) is 3.78. The van der Waals surface area contributed by atoms with Gasteiger partial charge in [0.25, 0.3) is 0 Å². The average molecular weight is 405 g/mol. The molecule has 0 radical (unpaired) electrons. The molecule has 0 saturated carbocycles. The maximum atomic E-state index is 13.2. The third kappa shape index (κ3) is 5.72. The van der Waals surface area contributed by atoms with E-state index in [4.69, 9.17) is 11.6 Å². The lowest BCUT2D eigenvalue weighted by Gasteiger charge is -2.10. The largest absolute Gasteiger partial charge is 0.289 e. The molecule has 0 N–H and O–H groups in total. The van der Waals surface area contributed by atoms with Gasteiger partial charge in [0, 0.05) is 27.7 Å². The van der Waals surface area contributed by atoms with Gasteiger partial charge in [0.05, 0.1) is 0 Å². The highest BCUT2D eigenvalue weighted by molar-refractivity contribution is 7.98. The first-order valence-corrected chi connectivity index (χ1v) is 10.5. The van der Waals surface area contributed by atoms with E-state index < -0.39 is 0 Å². The summed E-state index contributed by atoms with van der Waals surface area (Å²) in [5.41, 5.74) is 4.31. The normalized spacial score (nSPS) is 11.2. The third-order valence-electron chi connectivity index (χ3n) is 4.22. The molecule has 0 aliphatic carbocycles. The third-order valence-corrected chi connectivity index (χ3v) is 5.56. The van der Waals surface area contributed by atoms with Crippen molar-refractivity contribution in [1.29, 1.82) is 0 Å². The van der Waals surface area contributed by atoms with Crippen LogP contribution in [0.2, 0.25) is 5.02 Å². The van der Waals surface area contributed by atoms with Crippen LogP contribution in [0.3, 0.4) is 0 Å². The van der Waals surface area contributed by atoms with Crippen LogP contribution in [0.4, 0.5) is 0 Å². The Hall–Kier alpha value is -2.55. The lowest BCUT2D eigenvalue weighted by atomic mass is 9.96. The Labute approximate surface area is 175 Å². The van der Waals surface area contributed by atoms with Gasteiger partial charge in [-0.2, -0.15) is 11.8 Å². The van der Waals surface area contributed by atoms with Crippen molar-refractivity contribution in [3.63, 3.8) is 0 Å². The van der Waals surface area contributed by atoms with E-state index >= 15 is 0 Å². The van der Waals surface area contributed by atoms with E-state index in [0.29, 0.717) is 21.9 Å². The Bertz CT molecular complexity index is 960. The van der Waals surface area contributed by atoms with Crippen LogP contribution in [0.15, 0.2) is 97.1 Å². The van der Waals surface area contributed by atoms with Gasteiger partial charge in [-0.05, 0) is 34.9 Å². The van der Waals surface area contributed by atoms with Crippen molar-refractivity contribution in [2.45, 2.75) is 5.75 Å². The molecular weight excluding hydrogens is 384 g/mol. The van der Waals surface area contributed by atoms with Crippen LogP contribution < -0.4 is 0 Å². The van der Waals surface area contributed by atoms with Gasteiger partial charge in [0.1, 0.15) is 0 Å². The quantitative estimate of drug-likeness (QED) is 0.299. The van der Waals surface area contributed by atoms with Crippen LogP contribution in [-0.2, 0) is 10.5 Å². The molecule has 0 unspecified atom stereocenters. The number of carbonyl (C=O) groups excluding carboxylic acids is 1. The summed E-state index contributed by atoms with van der Waals surface area (Å²) in [6.07, 6.45) is 1.90. The molecule has 0 saturated heterocycles. The van der Waals surface area contributed by atoms with Crippen molar-refractivity contribution < 1.29 is 4.79 Å². The smallest absolute Gasteiger partial charge is 0.189 e. The first-order chi connectivity index (χ1) is 13.6. The van der Waals surface area contributed by atoms with Gasteiger partial charge in [-0.1, -0.05) is 91.0 Å². The van der Waals surface area contributed by atoms with E-state index in [0.717, 1.165) is 16.9 Å². The summed E-state index contributed by atoms with van der Waals surface area (Å²) in [5, 5.41) is 0.673. The minimum Gasteiger partial charge on any atom is -0.289 e. The highest BCUT2D eigenvalue weighted by Gasteiger charge is 2.15. The van der Waals surface area contributed by atoms with E-state index in [1.807, 2.05) is 78.9 Å². The Balaban J connectivity index is 1.76. The Morgan fingerprint density at radius 2 is 1.50 bits per heavy atom. The number of Topliss-reactive ketones (excluding diaryl/α,β-unsaturated/α-hetero) is 1. The Morgan fingerprint density at radius 3 is 2.14 bits per heavy atom. The first kappa shape index (κ1) is 20.2. The highest BCUT2D eigenvalue weighted by Crippen LogP contribution is 2.25. The number of thioether (sulfide) groups is 1. The zero-order valence-corrected chi connectivity index (χ0v) is 17.0. The fraction of sp³-hybridized carbons (Fsp3) is 0.0800. The second-order valence-electron chi connectivity index (χ2n) is 6.39. The topological polar surface area (TPSA) is 17.1 Å². The number of hydrogen-bond donors (Lipinski definition) is 0. The molecule has 0 aromatic heterocycles. The fourth-order valence-electron chi connectivity index (χ4n) is 2.75. The second kappa shape index (κ2) is 10.1. The standard InChI is InChI=1S/C25H21ClOS/c1-19(17-28-18-21-8-4-2-5-9-21)25(27)24(22-10-6-3-7-11-22)16-20-12-14-23(26)15-13-20/h2-16H,1,17-18H2/b24-16+. The van der Waals surface area contributed by atoms with Gasteiger partial charge in [0.2, 0.25) is 0 Å². The molecule has 3 heteroatoms. The molecule has 0 spiro atoms. The van der Waals surface area contributed by atoms with E-state index in [1.54, 1.807) is 11.8 Å². The summed E-state index contributed by atoms with van der Waals surface area (Å²) < 4.78 is 0. The van der Waals surface area contributed by atoms with Crippen LogP contribution in [0.25, 0.3) is 11.6 Å². The summed E-state index contributed by atoms with van der Waals surface area (Å²) in [6.45, 7) is 4.06. The molecule has 0 fully saturated rings. The van der Waals surface area contributed by atoms with Gasteiger partial charge in [-0.3, -0.25) is 4.79 Å². The van der Waals surface area contributed by atoms with Gasteiger partial charge < -0.3 is 0 Å². The number of benzene rings is 3. The van der Waals surface area contributed by atoms with Crippen LogP contribution in [-0.4, -0.2) is 11.5 Å². The minimum absolute atomic E-state index is 0.0262. The van der Waals surface area contributed by atoms with Crippen molar-refractivity contribution in [2.24, 2.45) is 0 Å². The summed E-state index contributed by atoms with van der Waals surface area (Å²) in [5.74, 6) is 1.43. The predicted octanol–water partition coefficient (Wildman–Crippen LogP) is 6.94. The first-order valence-electron chi connectivity index (χ1n) is 9.00. The molecular formula is C25H21ClOS. The van der Waals surface area contributed by atoms with Crippen LogP contribution in [0.5, 0.6) is 0 Å². The van der Waals surface area contributed by atoms with E-state index in [9.17, 15) is 4.79 Å². The van der Waals surface area contributed by atoms with E-state index in [1.165, 1.54) is 5.56 Å². The van der Waals surface area contributed by atoms with Gasteiger partial charge in [-0.15, -0.1) is 0 Å². The van der Waals surface area contributed by atoms with E-state index in [-0.39, 0.29) is 5.78 Å². The molecule has 0 atom stereocenters. The number of hydrogen-bond acceptors (Lipinski definition) is 2. The number of allylic oxidation sites excluding steroid dienone is 1. The summed E-state index contributed by atoms with van der Waals surface area (Å²) in [6, 6.07) is 27.4. The Kier molecular flexibility index (Phi) is 7.30. The number of rotatable bonds is 8. The molecule has 0 amide bonds. The number of carbonyl (C=O) groups is 1. The molecule has 0 aliphatic rings. The van der Waals surface area contributed by atoms with Crippen molar-refractivity contribution in [3.05, 3.63) is 119 Å². The Morgan fingerprint density at radius 1 is 0.893 bits per heavy atom. The molecule has 3 aromatic carbocycles. The molecule has 0 aliphatic heterocycles. The maximum Gasteiger partial charge on any atom is 0.189 e. The number of halogens is 1. The maximum absolute atomic E-state index is 13.2. The van der Waals surface area contributed by atoms with Crippen molar-refractivity contribution in [1.82, 2.24) is 0 Å². The van der Waals surface area contributed by atoms with Crippen molar-refractivity contribution in [3.8, 4) is 0 Å². The SMILES string of the molecule is C=C(CSCc1ccccc1)C(=O)/C(=C/c1ccc(Cl)cc1)c1ccccc1. The minimum atomic E-state index is -0.0262. The van der Waals surface area contributed by atoms with Crippen LogP contribution in [0, 0.1) is 0 Å². The molecule has 140 valence electrons. The molecule has 0 bridgehead atoms. The van der Waals surface area contributed by atoms with Crippen LogP contribution >= 0.6 is 23.4 Å². The molecule has 3 rings (SSSR count). The lowest BCUT2D eigenvalue weighted by Crippen LogP contribution is -2.07. The van der Waals surface area contributed by atoms with E-state index in [2.05, 4.69) is 18.7 Å². The van der Waals surface area contributed by atoms with Crippen molar-refractivity contribution in [2.75, 3.05) is 5.75 Å². The molecule has 3 aromatic rings. The zero-order chi connectivity index (χ0) is 19.8. The molecule has 0 heterocycles. The molecule has 1 nitrogen and oxygen atoms in total. The lowest BCUT2D eigenvalue weighted by molar-refractivity contribution is -0.110. The monoisotopic (exact) mass is 404 g/mol. The van der Waals surface area contributed by atoms with Gasteiger partial charge in [-0.25, -0.2) is 0 Å². The zero-order valence-electron chi connectivity index (χ0n) is 15.5. The van der Waals surface area contributed by atoms with Gasteiger partial charge >= 0.3 is 0 Å². The predicted molar refractivity (Wildman–Crippen MR) is 123 cm³/mol. The highest BCUT2D eigenvalue weighted by atomic mass is 35.5. The van der Waals surface area contributed by atoms with Gasteiger partial charge in [0.15, 0.2) is 5.78 Å². The number of ketones is 1. The summed E-state index contributed by atoms with van der Waals surface area (Å²) >= 11 is 7.68. The summed E-state index contributed by atoms with van der Waals surface area (Å²) in [4.78, 5) is 13.2. The molecule has 28 heavy (non-hydrogen) atoms. The van der Waals surface area contributed by atoms with Crippen LogP contribution in [0.1, 0.15) is 16.7 Å². The average Bonchev–Trinajstić information content (AvgIpc) is 2.74. The summed E-state index contributed by atoms with van der Waals surface area (Å²) in [7, 11) is 0. The second-order valence-corrected chi connectivity index (χ2v) is 7.81. The van der Waals surface area contributed by atoms with Crippen molar-refractivity contribution >= 4 is 40.8 Å².